The molecule has 4 aromatic carbocycles. The van der Waals surface area contributed by atoms with Crippen molar-refractivity contribution in [1.82, 2.24) is 0 Å². The molecular formula is C46H62O. The monoisotopic (exact) mass is 630 g/mol. The number of aryl methyl sites for hydroxylation is 3. The fraction of sp³-hybridized carbons (Fsp3) is 0.478. The van der Waals surface area contributed by atoms with E-state index in [1.807, 2.05) is 0 Å². The maximum absolute atomic E-state index is 11.3. The summed E-state index contributed by atoms with van der Waals surface area (Å²) in [6.07, 6.45) is 14.2. The van der Waals surface area contributed by atoms with Crippen molar-refractivity contribution >= 4 is 0 Å². The highest BCUT2D eigenvalue weighted by molar-refractivity contribution is 5.56. The minimum absolute atomic E-state index is 0.335. The fourth-order valence-corrected chi connectivity index (χ4v) is 7.39. The van der Waals surface area contributed by atoms with Gasteiger partial charge in [0.2, 0.25) is 0 Å². The molecule has 4 aromatic rings. The summed E-state index contributed by atoms with van der Waals surface area (Å²) < 4.78 is 0. The Morgan fingerprint density at radius 3 is 1.40 bits per heavy atom. The largest absolute Gasteiger partial charge is 0.507 e. The molecule has 252 valence electrons. The van der Waals surface area contributed by atoms with Gasteiger partial charge < -0.3 is 5.11 Å². The Kier molecular flexibility index (Phi) is 13.8. The van der Waals surface area contributed by atoms with Crippen LogP contribution in [-0.4, -0.2) is 5.11 Å². The van der Waals surface area contributed by atoms with Crippen LogP contribution < -0.4 is 0 Å². The Labute approximate surface area is 287 Å². The Hall–Kier alpha value is -3.32. The predicted octanol–water partition coefficient (Wildman–Crippen LogP) is 12.6. The number of rotatable bonds is 17. The number of hydrogen-bond acceptors (Lipinski definition) is 1. The maximum atomic E-state index is 11.3. The van der Waals surface area contributed by atoms with E-state index in [0.29, 0.717) is 11.7 Å². The molecule has 1 heteroatoms. The van der Waals surface area contributed by atoms with Crippen molar-refractivity contribution in [2.75, 3.05) is 0 Å². The molecule has 0 aliphatic heterocycles. The van der Waals surface area contributed by atoms with E-state index in [1.54, 1.807) is 0 Å². The lowest BCUT2D eigenvalue weighted by atomic mass is 9.81. The zero-order chi connectivity index (χ0) is 33.9. The van der Waals surface area contributed by atoms with E-state index >= 15 is 0 Å². The van der Waals surface area contributed by atoms with Crippen LogP contribution in [0.15, 0.2) is 60.7 Å². The molecule has 1 nitrogen and oxygen atoms in total. The molecule has 0 spiro atoms. The van der Waals surface area contributed by atoms with E-state index in [2.05, 4.69) is 116 Å². The van der Waals surface area contributed by atoms with E-state index in [0.717, 1.165) is 68.9 Å². The van der Waals surface area contributed by atoms with Crippen LogP contribution in [-0.2, 0) is 38.5 Å². The van der Waals surface area contributed by atoms with Crippen molar-refractivity contribution in [3.63, 3.8) is 0 Å². The van der Waals surface area contributed by atoms with Gasteiger partial charge in [0, 0.05) is 0 Å². The zero-order valence-corrected chi connectivity index (χ0v) is 31.0. The van der Waals surface area contributed by atoms with Gasteiger partial charge in [-0.05, 0) is 163 Å². The molecule has 0 aliphatic carbocycles. The van der Waals surface area contributed by atoms with Crippen LogP contribution in [0, 0.1) is 20.8 Å². The summed E-state index contributed by atoms with van der Waals surface area (Å²) in [5.74, 6) is 0.864. The van der Waals surface area contributed by atoms with Crippen molar-refractivity contribution < 1.29 is 5.11 Å². The maximum Gasteiger partial charge on any atom is 0.122 e. The number of phenolic OH excluding ortho intramolecular Hbond substituents is 1. The van der Waals surface area contributed by atoms with Crippen LogP contribution in [0.4, 0.5) is 0 Å². The first-order chi connectivity index (χ1) is 22.7. The molecule has 0 radical (unpaired) electrons. The molecule has 0 heterocycles. The average molecular weight is 631 g/mol. The lowest BCUT2D eigenvalue weighted by molar-refractivity contribution is 0.453. The third-order valence-electron chi connectivity index (χ3n) is 10.7. The van der Waals surface area contributed by atoms with Crippen molar-refractivity contribution in [2.24, 2.45) is 0 Å². The van der Waals surface area contributed by atoms with Crippen LogP contribution in [0.5, 0.6) is 5.75 Å². The summed E-state index contributed by atoms with van der Waals surface area (Å²) in [5, 5.41) is 11.3. The number of hydrogen-bond donors (Lipinski definition) is 1. The number of phenols is 1. The smallest absolute Gasteiger partial charge is 0.122 e. The van der Waals surface area contributed by atoms with Gasteiger partial charge in [-0.25, -0.2) is 0 Å². The molecule has 0 aliphatic rings. The summed E-state index contributed by atoms with van der Waals surface area (Å²) in [6, 6.07) is 23.3. The van der Waals surface area contributed by atoms with Crippen LogP contribution in [0.3, 0.4) is 0 Å². The van der Waals surface area contributed by atoms with Crippen molar-refractivity contribution in [3.8, 4) is 5.75 Å². The van der Waals surface area contributed by atoms with Gasteiger partial charge in [-0.3, -0.25) is 0 Å². The third-order valence-corrected chi connectivity index (χ3v) is 10.7. The minimum Gasteiger partial charge on any atom is -0.507 e. The van der Waals surface area contributed by atoms with Crippen molar-refractivity contribution in [1.29, 1.82) is 0 Å². The number of unbranched alkanes of at least 4 members (excludes halogenated alkanes) is 3. The summed E-state index contributed by atoms with van der Waals surface area (Å²) in [6.45, 7) is 18.4. The summed E-state index contributed by atoms with van der Waals surface area (Å²) in [5.41, 5.74) is 18.1. The third kappa shape index (κ3) is 9.40. The Morgan fingerprint density at radius 1 is 0.532 bits per heavy atom. The summed E-state index contributed by atoms with van der Waals surface area (Å²) in [7, 11) is 0. The van der Waals surface area contributed by atoms with Gasteiger partial charge in [0.05, 0.1) is 0 Å². The Morgan fingerprint density at radius 2 is 0.957 bits per heavy atom. The van der Waals surface area contributed by atoms with Crippen LogP contribution >= 0.6 is 0 Å². The standard InChI is InChI=1S/C46H62O/c1-9-13-18-36-20-16-22-38(25-36)28-43-33(6)44(29-39-23-17-21-37(26-39)19-14-10-2)35(8)45(34(43)7)31-40-27-41(24-15-11-3)46(47)42(30-40)32(5)12-4/h16-17,20-23,25-27,30,32,47H,9-15,18-19,24,28-29,31H2,1-8H3. The molecular weight excluding hydrogens is 569 g/mol. The first-order valence-electron chi connectivity index (χ1n) is 18.8. The van der Waals surface area contributed by atoms with E-state index in [1.165, 1.54) is 86.9 Å². The molecule has 0 amide bonds. The van der Waals surface area contributed by atoms with Gasteiger partial charge in [-0.1, -0.05) is 115 Å². The van der Waals surface area contributed by atoms with Crippen LogP contribution in [0.2, 0.25) is 0 Å². The topological polar surface area (TPSA) is 20.2 Å². The van der Waals surface area contributed by atoms with Crippen molar-refractivity contribution in [3.05, 3.63) is 133 Å². The van der Waals surface area contributed by atoms with E-state index in [-0.39, 0.29) is 0 Å². The molecule has 0 bridgehead atoms. The molecule has 0 saturated carbocycles. The Bertz CT molecular complexity index is 1530. The highest BCUT2D eigenvalue weighted by atomic mass is 16.3. The number of aromatic hydroxyl groups is 1. The second-order valence-electron chi connectivity index (χ2n) is 14.3. The van der Waals surface area contributed by atoms with Gasteiger partial charge in [-0.2, -0.15) is 0 Å². The molecule has 0 aromatic heterocycles. The molecule has 1 atom stereocenters. The van der Waals surface area contributed by atoms with E-state index < -0.39 is 0 Å². The highest BCUT2D eigenvalue weighted by Gasteiger charge is 2.21. The lowest BCUT2D eigenvalue weighted by Crippen LogP contribution is -2.10. The minimum atomic E-state index is 0.335. The van der Waals surface area contributed by atoms with Crippen LogP contribution in [0.1, 0.15) is 158 Å². The van der Waals surface area contributed by atoms with E-state index in [4.69, 9.17) is 0 Å². The van der Waals surface area contributed by atoms with Gasteiger partial charge in [0.25, 0.3) is 0 Å². The normalized spacial score (nSPS) is 12.1. The molecule has 1 unspecified atom stereocenters. The van der Waals surface area contributed by atoms with Gasteiger partial charge in [-0.15, -0.1) is 0 Å². The fourth-order valence-electron chi connectivity index (χ4n) is 7.39. The number of benzene rings is 4. The first kappa shape index (κ1) is 36.5. The molecule has 1 N–H and O–H groups in total. The second-order valence-corrected chi connectivity index (χ2v) is 14.3. The van der Waals surface area contributed by atoms with Gasteiger partial charge in [0.1, 0.15) is 5.75 Å². The second kappa shape index (κ2) is 17.7. The van der Waals surface area contributed by atoms with Crippen molar-refractivity contribution in [2.45, 2.75) is 145 Å². The molecule has 4 rings (SSSR count). The van der Waals surface area contributed by atoms with Gasteiger partial charge >= 0.3 is 0 Å². The molecule has 47 heavy (non-hydrogen) atoms. The van der Waals surface area contributed by atoms with Crippen LogP contribution in [0.25, 0.3) is 0 Å². The summed E-state index contributed by atoms with van der Waals surface area (Å²) >= 11 is 0. The lowest BCUT2D eigenvalue weighted by Gasteiger charge is -2.24. The molecule has 0 saturated heterocycles. The quantitative estimate of drug-likeness (QED) is 0.123. The summed E-state index contributed by atoms with van der Waals surface area (Å²) in [4.78, 5) is 0. The molecule has 0 fully saturated rings. The highest BCUT2D eigenvalue weighted by Crippen LogP contribution is 2.37. The predicted molar refractivity (Wildman–Crippen MR) is 205 cm³/mol. The first-order valence-corrected chi connectivity index (χ1v) is 18.8. The van der Waals surface area contributed by atoms with E-state index in [9.17, 15) is 5.11 Å². The Balaban J connectivity index is 1.84. The SMILES string of the molecule is CCCCc1cccc(Cc2c(C)c(Cc3cccc(CCCC)c3)c(C)c(Cc3cc(CCCC)c(O)c(C(C)CC)c3)c2C)c1. The average Bonchev–Trinajstić information content (AvgIpc) is 3.08. The van der Waals surface area contributed by atoms with Gasteiger partial charge in [0.15, 0.2) is 0 Å². The zero-order valence-electron chi connectivity index (χ0n) is 31.0.